The number of carbonyl (C=O) groups is 2. The lowest BCUT2D eigenvalue weighted by molar-refractivity contribution is -0.169. The summed E-state index contributed by atoms with van der Waals surface area (Å²) in [6.45, 7) is 1.77. The number of benzene rings is 2. The quantitative estimate of drug-likeness (QED) is 0.717. The predicted octanol–water partition coefficient (Wildman–Crippen LogP) is 2.78. The predicted molar refractivity (Wildman–Crippen MR) is 126 cm³/mol. The summed E-state index contributed by atoms with van der Waals surface area (Å²) in [4.78, 5) is 29.4. The fraction of sp³-hybridized carbons (Fsp3) is 0.407. The summed E-state index contributed by atoms with van der Waals surface area (Å²) in [5.74, 6) is -0.0272. The van der Waals surface area contributed by atoms with E-state index in [0.717, 1.165) is 29.5 Å². The van der Waals surface area contributed by atoms with Crippen LogP contribution in [-0.2, 0) is 14.3 Å². The molecule has 33 heavy (non-hydrogen) atoms. The maximum absolute atomic E-state index is 13.0. The zero-order valence-corrected chi connectivity index (χ0v) is 18.7. The van der Waals surface area contributed by atoms with Gasteiger partial charge in [0.25, 0.3) is 0 Å². The summed E-state index contributed by atoms with van der Waals surface area (Å²) in [6, 6.07) is 18.1. The molecule has 2 aromatic rings. The SMILES string of the molecule is O=C(C1CCOCC1)N1CC(=O)N2[C@H](CO)[C@@H](c3ccc(C=Cc4ccccc4)cc3)[C@H]2C1. The number of rotatable bonds is 5. The average molecular weight is 447 g/mol. The van der Waals surface area contributed by atoms with Gasteiger partial charge in [0.05, 0.1) is 25.2 Å². The second kappa shape index (κ2) is 9.49. The molecule has 0 spiro atoms. The van der Waals surface area contributed by atoms with Crippen LogP contribution in [0, 0.1) is 5.92 Å². The highest BCUT2D eigenvalue weighted by atomic mass is 16.5. The molecule has 6 nitrogen and oxygen atoms in total. The van der Waals surface area contributed by atoms with Gasteiger partial charge >= 0.3 is 0 Å². The van der Waals surface area contributed by atoms with Crippen molar-refractivity contribution in [3.05, 3.63) is 71.3 Å². The Kier molecular flexibility index (Phi) is 6.29. The average Bonchev–Trinajstić information content (AvgIpc) is 2.85. The fourth-order valence-electron chi connectivity index (χ4n) is 5.46. The van der Waals surface area contributed by atoms with Gasteiger partial charge in [-0.1, -0.05) is 66.7 Å². The molecule has 172 valence electrons. The van der Waals surface area contributed by atoms with Gasteiger partial charge in [0.2, 0.25) is 11.8 Å². The van der Waals surface area contributed by atoms with Gasteiger partial charge in [-0.25, -0.2) is 0 Å². The van der Waals surface area contributed by atoms with E-state index in [9.17, 15) is 14.7 Å². The maximum Gasteiger partial charge on any atom is 0.242 e. The van der Waals surface area contributed by atoms with E-state index in [0.29, 0.717) is 19.8 Å². The van der Waals surface area contributed by atoms with Crippen LogP contribution >= 0.6 is 0 Å². The maximum atomic E-state index is 13.0. The lowest BCUT2D eigenvalue weighted by atomic mass is 9.73. The number of amides is 2. The number of fused-ring (bicyclic) bond motifs is 1. The van der Waals surface area contributed by atoms with E-state index in [1.54, 1.807) is 9.80 Å². The second-order valence-corrected chi connectivity index (χ2v) is 9.16. The summed E-state index contributed by atoms with van der Waals surface area (Å²) < 4.78 is 5.38. The van der Waals surface area contributed by atoms with Crippen LogP contribution in [-0.4, -0.2) is 71.7 Å². The van der Waals surface area contributed by atoms with E-state index in [2.05, 4.69) is 48.6 Å². The minimum absolute atomic E-state index is 0.0244. The van der Waals surface area contributed by atoms with E-state index in [4.69, 9.17) is 4.74 Å². The second-order valence-electron chi connectivity index (χ2n) is 9.16. The Balaban J connectivity index is 1.30. The van der Waals surface area contributed by atoms with Crippen LogP contribution in [0.4, 0.5) is 0 Å². The van der Waals surface area contributed by atoms with Crippen molar-refractivity contribution in [3.63, 3.8) is 0 Å². The van der Waals surface area contributed by atoms with Crippen molar-refractivity contribution in [3.8, 4) is 0 Å². The molecule has 0 bridgehead atoms. The molecule has 6 heteroatoms. The third-order valence-corrected chi connectivity index (χ3v) is 7.22. The van der Waals surface area contributed by atoms with Crippen molar-refractivity contribution in [1.82, 2.24) is 9.80 Å². The first-order chi connectivity index (χ1) is 16.2. The number of hydrogen-bond donors (Lipinski definition) is 1. The third-order valence-electron chi connectivity index (χ3n) is 7.22. The van der Waals surface area contributed by atoms with Crippen LogP contribution in [0.1, 0.15) is 35.4 Å². The standard InChI is InChI=1S/C27H30N2O4/c30-18-24-26(21-10-8-20(9-11-21)7-6-19-4-2-1-3-5-19)23-16-28(17-25(31)29(23)24)27(32)22-12-14-33-15-13-22/h1-11,22-24,26,30H,12-18H2/t23-,24-,26+/m1/s1. The van der Waals surface area contributed by atoms with Crippen LogP contribution in [0.15, 0.2) is 54.6 Å². The Morgan fingerprint density at radius 3 is 2.33 bits per heavy atom. The van der Waals surface area contributed by atoms with Gasteiger partial charge in [0.15, 0.2) is 0 Å². The molecule has 5 rings (SSSR count). The summed E-state index contributed by atoms with van der Waals surface area (Å²) in [5, 5.41) is 10.0. The molecule has 0 aromatic heterocycles. The molecule has 3 aliphatic rings. The Hall–Kier alpha value is -2.96. The van der Waals surface area contributed by atoms with E-state index >= 15 is 0 Å². The molecule has 3 saturated heterocycles. The van der Waals surface area contributed by atoms with Crippen LogP contribution in [0.25, 0.3) is 12.2 Å². The summed E-state index contributed by atoms with van der Waals surface area (Å²) in [7, 11) is 0. The Labute approximate surface area is 194 Å². The molecule has 3 heterocycles. The van der Waals surface area contributed by atoms with Crippen LogP contribution < -0.4 is 0 Å². The minimum atomic E-state index is -0.228. The highest BCUT2D eigenvalue weighted by Crippen LogP contribution is 2.43. The first-order valence-electron chi connectivity index (χ1n) is 11.8. The number of ether oxygens (including phenoxy) is 1. The van der Waals surface area contributed by atoms with Crippen molar-refractivity contribution in [1.29, 1.82) is 0 Å². The van der Waals surface area contributed by atoms with Crippen molar-refractivity contribution in [2.24, 2.45) is 5.92 Å². The molecule has 3 aliphatic heterocycles. The molecule has 0 unspecified atom stereocenters. The van der Waals surface area contributed by atoms with Crippen LogP contribution in [0.2, 0.25) is 0 Å². The summed E-state index contributed by atoms with van der Waals surface area (Å²) in [6.07, 6.45) is 5.60. The highest BCUT2D eigenvalue weighted by Gasteiger charge is 2.54. The topological polar surface area (TPSA) is 70.1 Å². The molecule has 3 fully saturated rings. The largest absolute Gasteiger partial charge is 0.394 e. The lowest BCUT2D eigenvalue weighted by Crippen LogP contribution is -2.73. The van der Waals surface area contributed by atoms with E-state index < -0.39 is 0 Å². The number of piperazine rings is 1. The molecule has 0 radical (unpaired) electrons. The molecular formula is C27H30N2O4. The summed E-state index contributed by atoms with van der Waals surface area (Å²) in [5.41, 5.74) is 3.34. The Morgan fingerprint density at radius 2 is 1.67 bits per heavy atom. The molecular weight excluding hydrogens is 416 g/mol. The Bertz CT molecular complexity index is 1010. The molecule has 3 atom stereocenters. The lowest BCUT2D eigenvalue weighted by Gasteiger charge is -2.59. The zero-order chi connectivity index (χ0) is 22.8. The van der Waals surface area contributed by atoms with Gasteiger partial charge in [-0.15, -0.1) is 0 Å². The fourth-order valence-corrected chi connectivity index (χ4v) is 5.46. The monoisotopic (exact) mass is 446 g/mol. The zero-order valence-electron chi connectivity index (χ0n) is 18.7. The Morgan fingerprint density at radius 1 is 1.00 bits per heavy atom. The van der Waals surface area contributed by atoms with Gasteiger partial charge < -0.3 is 19.6 Å². The molecule has 1 N–H and O–H groups in total. The number of aliphatic hydroxyl groups is 1. The summed E-state index contributed by atoms with van der Waals surface area (Å²) >= 11 is 0. The van der Waals surface area contributed by atoms with E-state index in [1.165, 1.54) is 0 Å². The van der Waals surface area contributed by atoms with Gasteiger partial charge in [0.1, 0.15) is 0 Å². The first kappa shape index (κ1) is 21.9. The van der Waals surface area contributed by atoms with Crippen molar-refractivity contribution >= 4 is 24.0 Å². The van der Waals surface area contributed by atoms with Gasteiger partial charge in [-0.05, 0) is 29.5 Å². The van der Waals surface area contributed by atoms with E-state index in [-0.39, 0.29) is 48.9 Å². The number of nitrogens with zero attached hydrogens (tertiary/aromatic N) is 2. The van der Waals surface area contributed by atoms with Gasteiger partial charge in [0, 0.05) is 31.6 Å². The highest BCUT2D eigenvalue weighted by molar-refractivity contribution is 5.88. The molecule has 0 aliphatic carbocycles. The molecule has 2 aromatic carbocycles. The first-order valence-corrected chi connectivity index (χ1v) is 11.8. The van der Waals surface area contributed by atoms with Crippen LogP contribution in [0.5, 0.6) is 0 Å². The van der Waals surface area contributed by atoms with E-state index in [1.807, 2.05) is 18.2 Å². The van der Waals surface area contributed by atoms with Crippen molar-refractivity contribution < 1.29 is 19.4 Å². The number of carbonyl (C=O) groups excluding carboxylic acids is 2. The normalized spacial score (nSPS) is 25.7. The van der Waals surface area contributed by atoms with Gasteiger partial charge in [-0.3, -0.25) is 9.59 Å². The van der Waals surface area contributed by atoms with Gasteiger partial charge in [-0.2, -0.15) is 0 Å². The minimum Gasteiger partial charge on any atom is -0.394 e. The molecule has 0 saturated carbocycles. The van der Waals surface area contributed by atoms with Crippen molar-refractivity contribution in [2.75, 3.05) is 32.9 Å². The third kappa shape index (κ3) is 4.33. The molecule has 2 amide bonds. The van der Waals surface area contributed by atoms with Crippen molar-refractivity contribution in [2.45, 2.75) is 30.8 Å². The number of hydrogen-bond acceptors (Lipinski definition) is 4. The smallest absolute Gasteiger partial charge is 0.242 e. The number of aliphatic hydroxyl groups excluding tert-OH is 1. The van der Waals surface area contributed by atoms with Crippen LogP contribution in [0.3, 0.4) is 0 Å².